The molecule has 0 aliphatic heterocycles. The van der Waals surface area contributed by atoms with Gasteiger partial charge in [0.15, 0.2) is 5.78 Å². The van der Waals surface area contributed by atoms with Gasteiger partial charge in [-0.15, -0.1) is 0 Å². The van der Waals surface area contributed by atoms with Crippen molar-refractivity contribution in [2.45, 2.75) is 27.7 Å². The molecule has 0 spiro atoms. The van der Waals surface area contributed by atoms with Crippen LogP contribution in [0.2, 0.25) is 5.02 Å². The molecule has 2 N–H and O–H groups in total. The fourth-order valence-corrected chi connectivity index (χ4v) is 14.3. The Labute approximate surface area is 222 Å². The smallest absolute Gasteiger partial charge is 0.161 e. The lowest BCUT2D eigenvalue weighted by Crippen LogP contribution is -1.95. The molecule has 32 heavy (non-hydrogen) atoms. The lowest BCUT2D eigenvalue weighted by molar-refractivity contribution is 0.101. The molecular formula is C18H18ClFN2OS9. The number of fused-ring (bicyclic) bond motifs is 1. The highest BCUT2D eigenvalue weighted by Crippen LogP contribution is 2.26. The van der Waals surface area contributed by atoms with Crippen LogP contribution in [0.3, 0.4) is 0 Å². The average Bonchev–Trinajstić information content (AvgIpc) is 3.09. The number of nitrogens with zero attached hydrogens (tertiary/aromatic N) is 1. The molecule has 2 aromatic carbocycles. The van der Waals surface area contributed by atoms with Crippen molar-refractivity contribution >= 4 is 120 Å². The van der Waals surface area contributed by atoms with Gasteiger partial charge in [0.25, 0.3) is 0 Å². The summed E-state index contributed by atoms with van der Waals surface area (Å²) in [5.41, 5.74) is 9.66. The largest absolute Gasteiger partial charge is 0.398 e. The first kappa shape index (κ1) is 29.8. The molecule has 0 aliphatic rings. The van der Waals surface area contributed by atoms with E-state index in [1.54, 1.807) is 42.4 Å². The molecule has 0 amide bonds. The Morgan fingerprint density at radius 3 is 2.16 bits per heavy atom. The molecule has 0 saturated heterocycles. The van der Waals surface area contributed by atoms with E-state index in [4.69, 9.17) is 17.3 Å². The van der Waals surface area contributed by atoms with Crippen LogP contribution in [0.15, 0.2) is 24.3 Å². The molecule has 1 heterocycles. The fraction of sp³-hybridized carbons (Fsp3) is 0.222. The number of nitrogens with two attached hydrogens (primary N) is 1. The highest BCUT2D eigenvalue weighted by molar-refractivity contribution is 8.70. The van der Waals surface area contributed by atoms with Crippen molar-refractivity contribution in [1.82, 2.24) is 4.37 Å². The Balaban J connectivity index is 0.000000247. The first-order valence-electron chi connectivity index (χ1n) is 8.46. The molecule has 174 valence electrons. The van der Waals surface area contributed by atoms with Gasteiger partial charge in [0.1, 0.15) is 5.82 Å². The van der Waals surface area contributed by atoms with Gasteiger partial charge in [-0.2, -0.15) is 4.37 Å². The Bertz CT molecular complexity index is 1360. The van der Waals surface area contributed by atoms with Gasteiger partial charge in [0.2, 0.25) is 0 Å². The van der Waals surface area contributed by atoms with Crippen LogP contribution in [0, 0.1) is 26.6 Å². The minimum atomic E-state index is -0.384. The molecule has 3 rings (SSSR count). The first-order valence-corrected chi connectivity index (χ1v) is 18.9. The molecule has 3 nitrogen and oxygen atoms in total. The average molecular weight is 621 g/mol. The number of carbonyl (C=O) groups excluding carboxylic acids is 1. The van der Waals surface area contributed by atoms with Crippen molar-refractivity contribution in [3.05, 3.63) is 57.5 Å². The third-order valence-electron chi connectivity index (χ3n) is 3.81. The van der Waals surface area contributed by atoms with Crippen LogP contribution in [0.1, 0.15) is 34.1 Å². The Morgan fingerprint density at radius 2 is 1.62 bits per heavy atom. The number of anilines is 1. The lowest BCUT2D eigenvalue weighted by atomic mass is 10.1. The zero-order valence-corrected chi connectivity index (χ0v) is 25.3. The fourth-order valence-electron chi connectivity index (χ4n) is 2.20. The van der Waals surface area contributed by atoms with Crippen molar-refractivity contribution in [3.63, 3.8) is 0 Å². The summed E-state index contributed by atoms with van der Waals surface area (Å²) in [6.07, 6.45) is 0. The van der Waals surface area contributed by atoms with Crippen molar-refractivity contribution in [2.75, 3.05) is 5.73 Å². The second-order valence-electron chi connectivity index (χ2n) is 6.02. The molecule has 0 bridgehead atoms. The van der Waals surface area contributed by atoms with Crippen LogP contribution >= 0.6 is 23.1 Å². The number of nitrogen functional groups attached to an aromatic ring is 1. The molecule has 0 atom stereocenters. The number of aryl methyl sites for hydroxylation is 3. The summed E-state index contributed by atoms with van der Waals surface area (Å²) < 4.78 is 18.3. The second kappa shape index (κ2) is 15.6. The van der Waals surface area contributed by atoms with Crippen LogP contribution in [0.25, 0.3) is 10.1 Å². The third-order valence-corrected chi connectivity index (χ3v) is 16.1. The number of ketones is 1. The minimum Gasteiger partial charge on any atom is -0.398 e. The highest BCUT2D eigenvalue weighted by Gasteiger charge is 2.08. The molecule has 0 radical (unpaired) electrons. The normalized spacial score (nSPS) is 9.44. The topological polar surface area (TPSA) is 56.0 Å². The SMILES string of the molecule is CC(=O)c1cc(C)c(F)cc1Cl.Cc1cc2c(C)nsc2cc1N.S=S=S=S=S=S=S=S. The molecule has 0 unspecified atom stereocenters. The molecule has 1 aromatic heterocycles. The van der Waals surface area contributed by atoms with E-state index in [1.165, 1.54) is 52.4 Å². The predicted molar refractivity (Wildman–Crippen MR) is 159 cm³/mol. The number of hydrogen-bond acceptors (Lipinski definition) is 6. The molecule has 14 heteroatoms. The van der Waals surface area contributed by atoms with Crippen LogP contribution in [0.4, 0.5) is 10.1 Å². The van der Waals surface area contributed by atoms with E-state index < -0.39 is 0 Å². The van der Waals surface area contributed by atoms with E-state index in [1.807, 2.05) is 19.9 Å². The number of Topliss-reactive ketones (excluding diaryl/α,β-unsaturated/α-hetero) is 1. The van der Waals surface area contributed by atoms with Gasteiger partial charge < -0.3 is 5.73 Å². The number of halogens is 2. The lowest BCUT2D eigenvalue weighted by Gasteiger charge is -2.02. The van der Waals surface area contributed by atoms with Gasteiger partial charge in [-0.25, -0.2) is 4.39 Å². The zero-order valence-electron chi connectivity index (χ0n) is 17.2. The molecule has 0 fully saturated rings. The summed E-state index contributed by atoms with van der Waals surface area (Å²) in [5, 5.41) is 1.40. The van der Waals surface area contributed by atoms with E-state index in [2.05, 4.69) is 32.8 Å². The summed E-state index contributed by atoms with van der Waals surface area (Å²) in [6, 6.07) is 6.71. The standard InChI is InChI=1S/C9H8ClFO.C9H10N2S.S8/c1-5-3-7(6(2)12)8(10)4-9(5)11;1-5-3-7-6(2)11-12-9(7)4-8(5)10;1-3-5-7-8-6-4-2/h3-4H,1-2H3;3-4H,10H2,1-2H3;. The molecule has 0 aliphatic carbocycles. The maximum atomic E-state index is 12.8. The highest BCUT2D eigenvalue weighted by atomic mass is 35.5. The van der Waals surface area contributed by atoms with Gasteiger partial charge in [0.05, 0.1) is 15.4 Å². The maximum absolute atomic E-state index is 12.8. The van der Waals surface area contributed by atoms with E-state index in [0.717, 1.165) is 23.0 Å². The van der Waals surface area contributed by atoms with E-state index in [0.29, 0.717) is 11.1 Å². The van der Waals surface area contributed by atoms with E-state index in [-0.39, 0.29) is 16.6 Å². The summed E-state index contributed by atoms with van der Waals surface area (Å²) in [5.74, 6) is -0.534. The third kappa shape index (κ3) is 9.95. The summed E-state index contributed by atoms with van der Waals surface area (Å²) in [7, 11) is 9.12. The number of rotatable bonds is 1. The number of carbonyl (C=O) groups is 1. The minimum absolute atomic E-state index is 0.150. The van der Waals surface area contributed by atoms with Crippen LogP contribution in [-0.2, 0) is 75.7 Å². The summed E-state index contributed by atoms with van der Waals surface area (Å²) in [6.45, 7) is 7.04. The second-order valence-corrected chi connectivity index (χ2v) is 17.8. The summed E-state index contributed by atoms with van der Waals surface area (Å²) in [4.78, 5) is 10.9. The van der Waals surface area contributed by atoms with E-state index in [9.17, 15) is 9.18 Å². The monoisotopic (exact) mass is 620 g/mol. The van der Waals surface area contributed by atoms with Crippen molar-refractivity contribution in [2.24, 2.45) is 0 Å². The summed E-state index contributed by atoms with van der Waals surface area (Å²) >= 11 is 16.4. The van der Waals surface area contributed by atoms with Crippen molar-refractivity contribution < 1.29 is 9.18 Å². The van der Waals surface area contributed by atoms with Crippen molar-refractivity contribution in [1.29, 1.82) is 0 Å². The Kier molecular flexibility index (Phi) is 14.6. The van der Waals surface area contributed by atoms with E-state index >= 15 is 0 Å². The maximum Gasteiger partial charge on any atom is 0.161 e. The van der Waals surface area contributed by atoms with Gasteiger partial charge in [-0.05, 0) is 74.6 Å². The molecule has 0 saturated carbocycles. The van der Waals surface area contributed by atoms with Crippen LogP contribution < -0.4 is 5.73 Å². The molecular weight excluding hydrogens is 603 g/mol. The predicted octanol–water partition coefficient (Wildman–Crippen LogP) is 5.47. The number of benzene rings is 2. The first-order chi connectivity index (χ1) is 15.1. The van der Waals surface area contributed by atoms with Gasteiger partial charge in [-0.3, -0.25) is 4.79 Å². The molecule has 3 aromatic rings. The van der Waals surface area contributed by atoms with Gasteiger partial charge in [-0.1, -0.05) is 11.6 Å². The van der Waals surface area contributed by atoms with Crippen molar-refractivity contribution in [3.8, 4) is 0 Å². The van der Waals surface area contributed by atoms with Gasteiger partial charge >= 0.3 is 0 Å². The Hall–Kier alpha value is -0.220. The number of hydrogen-bond donors (Lipinski definition) is 1. The van der Waals surface area contributed by atoms with Gasteiger partial charge in [0, 0.05) is 92.3 Å². The quantitative estimate of drug-likeness (QED) is 0.289. The number of aromatic nitrogens is 1. The van der Waals surface area contributed by atoms with Crippen LogP contribution in [-0.4, -0.2) is 10.2 Å². The van der Waals surface area contributed by atoms with Crippen LogP contribution in [0.5, 0.6) is 0 Å². The zero-order chi connectivity index (χ0) is 24.3. The Morgan fingerprint density at radius 1 is 1.03 bits per heavy atom.